The Balaban J connectivity index is 1.32. The molecular weight excluding hydrogens is 336 g/mol. The van der Waals surface area contributed by atoms with E-state index < -0.39 is 0 Å². The zero-order chi connectivity index (χ0) is 17.2. The smallest absolute Gasteiger partial charge is 0.264 e. The average Bonchev–Trinajstić information content (AvgIpc) is 3.37. The molecule has 2 fully saturated rings. The highest BCUT2D eigenvalue weighted by Crippen LogP contribution is 2.33. The van der Waals surface area contributed by atoms with Crippen LogP contribution in [-0.2, 0) is 18.3 Å². The predicted octanol–water partition coefficient (Wildman–Crippen LogP) is 2.29. The van der Waals surface area contributed by atoms with Crippen LogP contribution in [-0.4, -0.2) is 58.0 Å². The SMILES string of the molecule is Cn1ccnc1CN1CCN(C(=O)c2ccc([C@H]3CCCO3)s2)CC1. The summed E-state index contributed by atoms with van der Waals surface area (Å²) in [5.74, 6) is 1.23. The lowest BCUT2D eigenvalue weighted by Gasteiger charge is -2.34. The maximum absolute atomic E-state index is 12.8. The van der Waals surface area contributed by atoms with Crippen molar-refractivity contribution < 1.29 is 9.53 Å². The summed E-state index contributed by atoms with van der Waals surface area (Å²) in [5, 5.41) is 0. The van der Waals surface area contributed by atoms with E-state index in [0.717, 1.165) is 62.9 Å². The van der Waals surface area contributed by atoms with Crippen LogP contribution in [0.15, 0.2) is 24.5 Å². The molecule has 2 saturated heterocycles. The van der Waals surface area contributed by atoms with Crippen molar-refractivity contribution in [3.05, 3.63) is 40.1 Å². The number of carbonyl (C=O) groups is 1. The summed E-state index contributed by atoms with van der Waals surface area (Å²) in [7, 11) is 2.02. The number of carbonyl (C=O) groups excluding carboxylic acids is 1. The Morgan fingerprint density at radius 3 is 2.84 bits per heavy atom. The Morgan fingerprint density at radius 2 is 2.16 bits per heavy atom. The molecular formula is C18H24N4O2S. The Hall–Kier alpha value is -1.70. The van der Waals surface area contributed by atoms with Crippen LogP contribution in [0.2, 0.25) is 0 Å². The van der Waals surface area contributed by atoms with Gasteiger partial charge in [-0.2, -0.15) is 0 Å². The molecule has 0 aliphatic carbocycles. The van der Waals surface area contributed by atoms with E-state index in [1.165, 1.54) is 4.88 Å². The van der Waals surface area contributed by atoms with Crippen molar-refractivity contribution in [2.75, 3.05) is 32.8 Å². The molecule has 25 heavy (non-hydrogen) atoms. The van der Waals surface area contributed by atoms with Gasteiger partial charge in [0.25, 0.3) is 5.91 Å². The second-order valence-electron chi connectivity index (χ2n) is 6.73. The minimum atomic E-state index is 0.158. The van der Waals surface area contributed by atoms with Crippen LogP contribution >= 0.6 is 11.3 Å². The van der Waals surface area contributed by atoms with Gasteiger partial charge < -0.3 is 14.2 Å². The minimum absolute atomic E-state index is 0.158. The van der Waals surface area contributed by atoms with Gasteiger partial charge in [-0.05, 0) is 25.0 Å². The van der Waals surface area contributed by atoms with Crippen LogP contribution in [0.1, 0.15) is 39.3 Å². The molecule has 2 aliphatic rings. The van der Waals surface area contributed by atoms with Gasteiger partial charge in [0.05, 0.1) is 17.5 Å². The molecule has 134 valence electrons. The van der Waals surface area contributed by atoms with Gasteiger partial charge in [-0.25, -0.2) is 4.98 Å². The number of thiophene rings is 1. The van der Waals surface area contributed by atoms with Gasteiger partial charge >= 0.3 is 0 Å². The molecule has 0 radical (unpaired) electrons. The standard InChI is InChI=1S/C18H24N4O2S/c1-20-7-6-19-17(20)13-21-8-10-22(11-9-21)18(23)16-5-4-15(25-16)14-3-2-12-24-14/h4-7,14H,2-3,8-13H2,1H3/t14-/m1/s1. The molecule has 7 heteroatoms. The lowest BCUT2D eigenvalue weighted by atomic mass is 10.2. The fourth-order valence-electron chi connectivity index (χ4n) is 3.46. The van der Waals surface area contributed by atoms with Gasteiger partial charge in [0.2, 0.25) is 0 Å². The molecule has 0 aromatic carbocycles. The Bertz CT molecular complexity index is 727. The number of ether oxygens (including phenoxy) is 1. The second kappa shape index (κ2) is 7.27. The van der Waals surface area contributed by atoms with Gasteiger partial charge in [0.1, 0.15) is 5.82 Å². The number of hydrogen-bond acceptors (Lipinski definition) is 5. The molecule has 0 N–H and O–H groups in total. The molecule has 2 aromatic rings. The lowest BCUT2D eigenvalue weighted by Crippen LogP contribution is -2.48. The molecule has 0 spiro atoms. The first-order valence-corrected chi connectivity index (χ1v) is 9.71. The maximum atomic E-state index is 12.8. The van der Waals surface area contributed by atoms with Crippen molar-refractivity contribution in [2.24, 2.45) is 7.05 Å². The van der Waals surface area contributed by atoms with Crippen molar-refractivity contribution in [3.8, 4) is 0 Å². The van der Waals surface area contributed by atoms with E-state index in [-0.39, 0.29) is 12.0 Å². The first-order valence-electron chi connectivity index (χ1n) is 8.90. The quantitative estimate of drug-likeness (QED) is 0.839. The van der Waals surface area contributed by atoms with Gasteiger partial charge in [0.15, 0.2) is 0 Å². The van der Waals surface area contributed by atoms with E-state index in [4.69, 9.17) is 4.74 Å². The highest BCUT2D eigenvalue weighted by atomic mass is 32.1. The van der Waals surface area contributed by atoms with E-state index in [0.29, 0.717) is 0 Å². The number of hydrogen-bond donors (Lipinski definition) is 0. The predicted molar refractivity (Wildman–Crippen MR) is 96.6 cm³/mol. The zero-order valence-corrected chi connectivity index (χ0v) is 15.4. The first kappa shape index (κ1) is 16.8. The van der Waals surface area contributed by atoms with Gasteiger partial charge in [-0.3, -0.25) is 9.69 Å². The number of amides is 1. The number of aryl methyl sites for hydroxylation is 1. The third kappa shape index (κ3) is 3.63. The Labute approximate surface area is 152 Å². The summed E-state index contributed by atoms with van der Waals surface area (Å²) in [6.45, 7) is 5.01. The molecule has 0 bridgehead atoms. The number of imidazole rings is 1. The lowest BCUT2D eigenvalue weighted by molar-refractivity contribution is 0.0629. The van der Waals surface area contributed by atoms with E-state index in [2.05, 4.69) is 20.5 Å². The Morgan fingerprint density at radius 1 is 1.32 bits per heavy atom. The molecule has 0 unspecified atom stereocenters. The number of piperazine rings is 1. The van der Waals surface area contributed by atoms with E-state index in [9.17, 15) is 4.79 Å². The summed E-state index contributed by atoms with van der Waals surface area (Å²) in [6.07, 6.45) is 6.18. The van der Waals surface area contributed by atoms with Crippen molar-refractivity contribution in [3.63, 3.8) is 0 Å². The first-order chi connectivity index (χ1) is 12.2. The minimum Gasteiger partial charge on any atom is -0.373 e. The van der Waals surface area contributed by atoms with Crippen LogP contribution < -0.4 is 0 Å². The van der Waals surface area contributed by atoms with Gasteiger partial charge in [-0.15, -0.1) is 11.3 Å². The summed E-state index contributed by atoms with van der Waals surface area (Å²) >= 11 is 1.60. The topological polar surface area (TPSA) is 50.6 Å². The molecule has 6 nitrogen and oxygen atoms in total. The molecule has 0 saturated carbocycles. The van der Waals surface area contributed by atoms with Crippen molar-refractivity contribution >= 4 is 17.2 Å². The second-order valence-corrected chi connectivity index (χ2v) is 7.84. The third-order valence-corrected chi connectivity index (χ3v) is 6.20. The molecule has 2 aliphatic heterocycles. The normalized spacial score (nSPS) is 21.8. The van der Waals surface area contributed by atoms with E-state index >= 15 is 0 Å². The summed E-state index contributed by atoms with van der Waals surface area (Å²) in [6, 6.07) is 4.02. The third-order valence-electron chi connectivity index (χ3n) is 5.03. The van der Waals surface area contributed by atoms with Crippen LogP contribution in [0, 0.1) is 0 Å². The molecule has 1 amide bonds. The number of nitrogens with zero attached hydrogens (tertiary/aromatic N) is 4. The molecule has 2 aromatic heterocycles. The fraction of sp³-hybridized carbons (Fsp3) is 0.556. The van der Waals surface area contributed by atoms with Crippen LogP contribution in [0.25, 0.3) is 0 Å². The van der Waals surface area contributed by atoms with Crippen molar-refractivity contribution in [2.45, 2.75) is 25.5 Å². The van der Waals surface area contributed by atoms with Gasteiger partial charge in [-0.1, -0.05) is 0 Å². The highest BCUT2D eigenvalue weighted by Gasteiger charge is 2.26. The van der Waals surface area contributed by atoms with E-state index in [1.54, 1.807) is 11.3 Å². The average molecular weight is 360 g/mol. The van der Waals surface area contributed by atoms with Crippen LogP contribution in [0.4, 0.5) is 0 Å². The summed E-state index contributed by atoms with van der Waals surface area (Å²) in [5.41, 5.74) is 0. The largest absolute Gasteiger partial charge is 0.373 e. The summed E-state index contributed by atoms with van der Waals surface area (Å²) in [4.78, 5) is 23.5. The number of aromatic nitrogens is 2. The number of rotatable bonds is 4. The van der Waals surface area contributed by atoms with Gasteiger partial charge in [0, 0.05) is 57.1 Å². The van der Waals surface area contributed by atoms with Crippen molar-refractivity contribution in [1.29, 1.82) is 0 Å². The molecule has 4 heterocycles. The van der Waals surface area contributed by atoms with Crippen LogP contribution in [0.3, 0.4) is 0 Å². The maximum Gasteiger partial charge on any atom is 0.264 e. The van der Waals surface area contributed by atoms with Crippen molar-refractivity contribution in [1.82, 2.24) is 19.4 Å². The molecule has 4 rings (SSSR count). The fourth-order valence-corrected chi connectivity index (χ4v) is 4.52. The monoisotopic (exact) mass is 360 g/mol. The van der Waals surface area contributed by atoms with E-state index in [1.807, 2.05) is 30.4 Å². The molecule has 1 atom stereocenters. The zero-order valence-electron chi connectivity index (χ0n) is 14.6. The Kier molecular flexibility index (Phi) is 4.87. The van der Waals surface area contributed by atoms with Crippen LogP contribution in [0.5, 0.6) is 0 Å². The highest BCUT2D eigenvalue weighted by molar-refractivity contribution is 7.14. The summed E-state index contributed by atoms with van der Waals surface area (Å²) < 4.78 is 7.77.